The number of thiophene rings is 1. The molecule has 142 valence electrons. The molecule has 0 spiro atoms. The van der Waals surface area contributed by atoms with Crippen molar-refractivity contribution in [2.45, 2.75) is 25.8 Å². The highest BCUT2D eigenvalue weighted by atomic mass is 32.1. The third kappa shape index (κ3) is 2.45. The topological polar surface area (TPSA) is 73.5 Å². The number of benzene rings is 1. The number of anilines is 2. The molecule has 1 aliphatic carbocycles. The molecule has 0 saturated carbocycles. The number of aromatic nitrogens is 4. The van der Waals surface area contributed by atoms with Gasteiger partial charge in [0.1, 0.15) is 10.6 Å². The Kier molecular flexibility index (Phi) is 3.94. The van der Waals surface area contributed by atoms with Gasteiger partial charge in [-0.1, -0.05) is 6.08 Å². The lowest BCUT2D eigenvalue weighted by atomic mass is 10.2. The zero-order valence-electron chi connectivity index (χ0n) is 15.4. The highest BCUT2D eigenvalue weighted by molar-refractivity contribution is 7.19. The van der Waals surface area contributed by atoms with Crippen LogP contribution in [0.4, 0.5) is 11.6 Å². The number of hydrogen-bond donors (Lipinski definition) is 1. The van der Waals surface area contributed by atoms with Crippen molar-refractivity contribution in [3.05, 3.63) is 57.7 Å². The predicted molar refractivity (Wildman–Crippen MR) is 111 cm³/mol. The maximum Gasteiger partial charge on any atom is 0.264 e. The highest BCUT2D eigenvalue weighted by Gasteiger charge is 2.25. The van der Waals surface area contributed by atoms with Crippen molar-refractivity contribution >= 4 is 39.0 Å². The van der Waals surface area contributed by atoms with Gasteiger partial charge in [0, 0.05) is 17.1 Å². The third-order valence-electron chi connectivity index (χ3n) is 5.11. The molecule has 0 fully saturated rings. The van der Waals surface area contributed by atoms with Crippen LogP contribution in [0.2, 0.25) is 0 Å². The van der Waals surface area contributed by atoms with Crippen LogP contribution in [0.3, 0.4) is 0 Å². The lowest BCUT2D eigenvalue weighted by molar-refractivity contribution is 0.415. The number of aryl methyl sites for hydroxylation is 2. The van der Waals surface area contributed by atoms with Gasteiger partial charge in [-0.3, -0.25) is 9.36 Å². The Morgan fingerprint density at radius 2 is 2.11 bits per heavy atom. The van der Waals surface area contributed by atoms with Crippen molar-refractivity contribution in [1.82, 2.24) is 19.2 Å². The molecule has 0 atom stereocenters. The number of allylic oxidation sites excluding steroid dienone is 1. The minimum atomic E-state index is -0.00908. The van der Waals surface area contributed by atoms with Crippen LogP contribution in [-0.4, -0.2) is 26.3 Å². The van der Waals surface area contributed by atoms with E-state index in [1.165, 1.54) is 10.4 Å². The Morgan fingerprint density at radius 1 is 1.29 bits per heavy atom. The normalized spacial score (nSPS) is 13.2. The van der Waals surface area contributed by atoms with Crippen LogP contribution >= 0.6 is 11.3 Å². The Balaban J connectivity index is 1.75. The number of nitrogens with zero attached hydrogens (tertiary/aromatic N) is 4. The van der Waals surface area contributed by atoms with Gasteiger partial charge in [-0.05, 0) is 49.1 Å². The molecule has 0 bridgehead atoms. The quantitative estimate of drug-likeness (QED) is 0.525. The standard InChI is InChI=1S/C20H19N5O2S/c1-3-11-24-17(26)16-14-5-4-6-15(14)28-18(16)25-19(22-23-20(24)25)21-12-7-9-13(27-2)10-8-12/h3,7-10H,1,4-6,11H2,2H3,(H,21,22). The average Bonchev–Trinajstić information content (AvgIpc) is 3.40. The largest absolute Gasteiger partial charge is 0.497 e. The second-order valence-electron chi connectivity index (χ2n) is 6.75. The molecule has 0 unspecified atom stereocenters. The van der Waals surface area contributed by atoms with E-state index in [1.807, 2.05) is 28.7 Å². The monoisotopic (exact) mass is 393 g/mol. The van der Waals surface area contributed by atoms with Crippen molar-refractivity contribution in [2.75, 3.05) is 12.4 Å². The van der Waals surface area contributed by atoms with Gasteiger partial charge in [0.15, 0.2) is 0 Å². The lowest BCUT2D eigenvalue weighted by Gasteiger charge is -2.09. The van der Waals surface area contributed by atoms with Gasteiger partial charge in [-0.2, -0.15) is 0 Å². The first-order valence-electron chi connectivity index (χ1n) is 9.15. The van der Waals surface area contributed by atoms with E-state index in [9.17, 15) is 4.79 Å². The summed E-state index contributed by atoms with van der Waals surface area (Å²) in [6.07, 6.45) is 4.80. The molecule has 5 rings (SSSR count). The van der Waals surface area contributed by atoms with Crippen molar-refractivity contribution in [3.8, 4) is 5.75 Å². The van der Waals surface area contributed by atoms with Crippen LogP contribution in [0.15, 0.2) is 41.7 Å². The zero-order chi connectivity index (χ0) is 19.3. The molecule has 0 amide bonds. The summed E-state index contributed by atoms with van der Waals surface area (Å²) in [5.74, 6) is 1.89. The molecule has 7 nitrogen and oxygen atoms in total. The van der Waals surface area contributed by atoms with E-state index in [4.69, 9.17) is 4.74 Å². The molecule has 0 aliphatic heterocycles. The fraction of sp³-hybridized carbons (Fsp3) is 0.250. The molecular weight excluding hydrogens is 374 g/mol. The summed E-state index contributed by atoms with van der Waals surface area (Å²) in [6.45, 7) is 4.19. The Bertz CT molecular complexity index is 1270. The van der Waals surface area contributed by atoms with Crippen LogP contribution in [0.25, 0.3) is 16.0 Å². The fourth-order valence-electron chi connectivity index (χ4n) is 3.81. The second kappa shape index (κ2) is 6.49. The molecular formula is C20H19N5O2S. The highest BCUT2D eigenvalue weighted by Crippen LogP contribution is 2.37. The van der Waals surface area contributed by atoms with Gasteiger partial charge in [-0.25, -0.2) is 4.40 Å². The van der Waals surface area contributed by atoms with E-state index in [0.29, 0.717) is 18.3 Å². The van der Waals surface area contributed by atoms with E-state index >= 15 is 0 Å². The SMILES string of the molecule is C=CCn1c(=O)c2c3c(sc2n2c(Nc4ccc(OC)cc4)nnc12)CCC3. The number of fused-ring (bicyclic) bond motifs is 5. The molecule has 1 aromatic carbocycles. The van der Waals surface area contributed by atoms with Gasteiger partial charge >= 0.3 is 0 Å². The molecule has 4 aromatic rings. The van der Waals surface area contributed by atoms with Crippen molar-refractivity contribution in [2.24, 2.45) is 0 Å². The molecule has 0 saturated heterocycles. The first kappa shape index (κ1) is 17.0. The van der Waals surface area contributed by atoms with E-state index in [0.717, 1.165) is 40.9 Å². The molecule has 8 heteroatoms. The van der Waals surface area contributed by atoms with E-state index in [1.54, 1.807) is 29.1 Å². The van der Waals surface area contributed by atoms with Crippen LogP contribution in [0.5, 0.6) is 5.75 Å². The summed E-state index contributed by atoms with van der Waals surface area (Å²) in [5.41, 5.74) is 2.05. The molecule has 1 aliphatic rings. The van der Waals surface area contributed by atoms with Crippen molar-refractivity contribution in [3.63, 3.8) is 0 Å². The average molecular weight is 393 g/mol. The van der Waals surface area contributed by atoms with Crippen LogP contribution in [-0.2, 0) is 19.4 Å². The molecule has 3 aromatic heterocycles. The second-order valence-corrected chi connectivity index (χ2v) is 7.84. The van der Waals surface area contributed by atoms with E-state index < -0.39 is 0 Å². The molecule has 0 radical (unpaired) electrons. The summed E-state index contributed by atoms with van der Waals surface area (Å²) in [7, 11) is 1.64. The Hall–Kier alpha value is -3.13. The number of ether oxygens (including phenoxy) is 1. The van der Waals surface area contributed by atoms with Crippen molar-refractivity contribution < 1.29 is 4.74 Å². The molecule has 28 heavy (non-hydrogen) atoms. The summed E-state index contributed by atoms with van der Waals surface area (Å²) >= 11 is 1.68. The molecule has 3 heterocycles. The molecule has 1 N–H and O–H groups in total. The van der Waals surface area contributed by atoms with Gasteiger partial charge < -0.3 is 10.1 Å². The Labute approximate surface area is 164 Å². The fourth-order valence-corrected chi connectivity index (χ4v) is 5.19. The third-order valence-corrected chi connectivity index (χ3v) is 6.39. The zero-order valence-corrected chi connectivity index (χ0v) is 16.3. The van der Waals surface area contributed by atoms with Crippen LogP contribution in [0, 0.1) is 0 Å². The summed E-state index contributed by atoms with van der Waals surface area (Å²) in [4.78, 5) is 15.4. The minimum absolute atomic E-state index is 0.00908. The predicted octanol–water partition coefficient (Wildman–Crippen LogP) is 3.53. The summed E-state index contributed by atoms with van der Waals surface area (Å²) in [5, 5.41) is 12.8. The first-order chi connectivity index (χ1) is 13.7. The Morgan fingerprint density at radius 3 is 2.86 bits per heavy atom. The maximum atomic E-state index is 13.2. The smallest absolute Gasteiger partial charge is 0.264 e. The van der Waals surface area contributed by atoms with E-state index in [2.05, 4.69) is 22.1 Å². The summed E-state index contributed by atoms with van der Waals surface area (Å²) < 4.78 is 8.81. The van der Waals surface area contributed by atoms with Crippen molar-refractivity contribution in [1.29, 1.82) is 0 Å². The number of hydrogen-bond acceptors (Lipinski definition) is 6. The number of rotatable bonds is 5. The van der Waals surface area contributed by atoms with Gasteiger partial charge in [0.05, 0.1) is 12.5 Å². The van der Waals surface area contributed by atoms with Gasteiger partial charge in [-0.15, -0.1) is 28.1 Å². The van der Waals surface area contributed by atoms with Gasteiger partial charge in [0.25, 0.3) is 5.56 Å². The summed E-state index contributed by atoms with van der Waals surface area (Å²) in [6, 6.07) is 7.61. The maximum absolute atomic E-state index is 13.2. The number of nitrogens with one attached hydrogen (secondary N) is 1. The lowest BCUT2D eigenvalue weighted by Crippen LogP contribution is -2.22. The first-order valence-corrected chi connectivity index (χ1v) is 9.97. The van der Waals surface area contributed by atoms with E-state index in [-0.39, 0.29) is 5.56 Å². The van der Waals surface area contributed by atoms with Gasteiger partial charge in [0.2, 0.25) is 11.7 Å². The minimum Gasteiger partial charge on any atom is -0.497 e. The van der Waals surface area contributed by atoms with Crippen LogP contribution < -0.4 is 15.6 Å². The van der Waals surface area contributed by atoms with Crippen LogP contribution in [0.1, 0.15) is 16.9 Å². The number of methoxy groups -OCH3 is 1.